The highest BCUT2D eigenvalue weighted by Gasteiger charge is 2.22. The van der Waals surface area contributed by atoms with E-state index in [1.54, 1.807) is 4.90 Å². The molecule has 3 N–H and O–H groups in total. The highest BCUT2D eigenvalue weighted by atomic mass is 16.2. The molecule has 0 aliphatic rings. The molecule has 5 nitrogen and oxygen atoms in total. The summed E-state index contributed by atoms with van der Waals surface area (Å²) < 4.78 is 0. The van der Waals surface area contributed by atoms with E-state index in [9.17, 15) is 4.79 Å². The summed E-state index contributed by atoms with van der Waals surface area (Å²) in [7, 11) is 0. The standard InChI is InChI=1S/C11H20N4O/c1-7(2)6-15(8(3)4)11(16)10-9(12)5-13-14-10/h5,7-8H,6,12H2,1-4H3,(H,13,14). The summed E-state index contributed by atoms with van der Waals surface area (Å²) in [6, 6.07) is 0.151. The number of hydrogen-bond donors (Lipinski definition) is 2. The number of anilines is 1. The molecule has 0 aromatic carbocycles. The maximum atomic E-state index is 12.2. The van der Waals surface area contributed by atoms with Gasteiger partial charge < -0.3 is 10.6 Å². The van der Waals surface area contributed by atoms with Crippen molar-refractivity contribution in [1.29, 1.82) is 0 Å². The fraction of sp³-hybridized carbons (Fsp3) is 0.636. The van der Waals surface area contributed by atoms with Gasteiger partial charge in [-0.1, -0.05) is 13.8 Å². The highest BCUT2D eigenvalue weighted by Crippen LogP contribution is 2.13. The summed E-state index contributed by atoms with van der Waals surface area (Å²) in [5, 5.41) is 6.41. The van der Waals surface area contributed by atoms with Gasteiger partial charge in [-0.15, -0.1) is 0 Å². The first-order valence-corrected chi connectivity index (χ1v) is 5.53. The molecule has 16 heavy (non-hydrogen) atoms. The second kappa shape index (κ2) is 5.01. The van der Waals surface area contributed by atoms with Crippen LogP contribution in [0.2, 0.25) is 0 Å². The Morgan fingerprint density at radius 2 is 2.12 bits per heavy atom. The van der Waals surface area contributed by atoms with E-state index in [1.165, 1.54) is 6.20 Å². The van der Waals surface area contributed by atoms with E-state index < -0.39 is 0 Å². The topological polar surface area (TPSA) is 75.0 Å². The monoisotopic (exact) mass is 224 g/mol. The van der Waals surface area contributed by atoms with E-state index in [0.717, 1.165) is 6.54 Å². The zero-order valence-electron chi connectivity index (χ0n) is 10.3. The molecule has 0 bridgehead atoms. The molecule has 1 rings (SSSR count). The van der Waals surface area contributed by atoms with Gasteiger partial charge in [0, 0.05) is 12.6 Å². The minimum Gasteiger partial charge on any atom is -0.396 e. The first-order chi connectivity index (χ1) is 7.43. The molecule has 0 saturated carbocycles. The molecule has 1 aromatic heterocycles. The van der Waals surface area contributed by atoms with Crippen LogP contribution in [0.1, 0.15) is 38.2 Å². The average Bonchev–Trinajstić information content (AvgIpc) is 2.59. The van der Waals surface area contributed by atoms with Crippen molar-refractivity contribution in [1.82, 2.24) is 15.1 Å². The van der Waals surface area contributed by atoms with E-state index in [-0.39, 0.29) is 11.9 Å². The predicted molar refractivity (Wildman–Crippen MR) is 64.0 cm³/mol. The van der Waals surface area contributed by atoms with Crippen LogP contribution in [0.15, 0.2) is 6.20 Å². The number of aromatic amines is 1. The smallest absolute Gasteiger partial charge is 0.274 e. The lowest BCUT2D eigenvalue weighted by molar-refractivity contribution is 0.0677. The van der Waals surface area contributed by atoms with Gasteiger partial charge in [0.1, 0.15) is 5.69 Å². The molecule has 0 unspecified atom stereocenters. The first-order valence-electron chi connectivity index (χ1n) is 5.53. The molecule has 1 amide bonds. The molecule has 1 heterocycles. The average molecular weight is 224 g/mol. The van der Waals surface area contributed by atoms with E-state index in [2.05, 4.69) is 24.0 Å². The SMILES string of the molecule is CC(C)CN(C(=O)c1[nH]ncc1N)C(C)C. The summed E-state index contributed by atoms with van der Waals surface area (Å²) in [5.41, 5.74) is 6.45. The van der Waals surface area contributed by atoms with Crippen LogP contribution in [0.3, 0.4) is 0 Å². The van der Waals surface area contributed by atoms with E-state index in [0.29, 0.717) is 17.3 Å². The van der Waals surface area contributed by atoms with Crippen molar-refractivity contribution in [2.45, 2.75) is 33.7 Å². The van der Waals surface area contributed by atoms with Crippen molar-refractivity contribution in [2.24, 2.45) is 5.92 Å². The number of amides is 1. The molecular weight excluding hydrogens is 204 g/mol. The third-order valence-corrected chi connectivity index (χ3v) is 2.33. The summed E-state index contributed by atoms with van der Waals surface area (Å²) in [6.07, 6.45) is 1.46. The largest absolute Gasteiger partial charge is 0.396 e. The molecule has 0 atom stereocenters. The number of nitrogens with two attached hydrogens (primary N) is 1. The van der Waals surface area contributed by atoms with Crippen LogP contribution >= 0.6 is 0 Å². The van der Waals surface area contributed by atoms with Gasteiger partial charge in [-0.05, 0) is 19.8 Å². The van der Waals surface area contributed by atoms with E-state index >= 15 is 0 Å². The van der Waals surface area contributed by atoms with Crippen LogP contribution < -0.4 is 5.73 Å². The van der Waals surface area contributed by atoms with Crippen LogP contribution in [-0.4, -0.2) is 33.6 Å². The van der Waals surface area contributed by atoms with Crippen LogP contribution in [-0.2, 0) is 0 Å². The van der Waals surface area contributed by atoms with Crippen molar-refractivity contribution < 1.29 is 4.79 Å². The van der Waals surface area contributed by atoms with Gasteiger partial charge in [0.05, 0.1) is 11.9 Å². The lowest BCUT2D eigenvalue weighted by Crippen LogP contribution is -2.40. The lowest BCUT2D eigenvalue weighted by atomic mass is 10.1. The van der Waals surface area contributed by atoms with Crippen molar-refractivity contribution in [3.63, 3.8) is 0 Å². The molecule has 0 radical (unpaired) electrons. The highest BCUT2D eigenvalue weighted by molar-refractivity contribution is 5.97. The number of nitrogen functional groups attached to an aromatic ring is 1. The van der Waals surface area contributed by atoms with Gasteiger partial charge in [0.25, 0.3) is 5.91 Å². The van der Waals surface area contributed by atoms with Gasteiger partial charge in [-0.3, -0.25) is 9.89 Å². The number of nitrogens with one attached hydrogen (secondary N) is 1. The van der Waals surface area contributed by atoms with Gasteiger partial charge >= 0.3 is 0 Å². The number of rotatable bonds is 4. The Kier molecular flexibility index (Phi) is 3.93. The number of carbonyl (C=O) groups excluding carboxylic acids is 1. The van der Waals surface area contributed by atoms with Crippen LogP contribution in [0, 0.1) is 5.92 Å². The number of H-pyrrole nitrogens is 1. The summed E-state index contributed by atoms with van der Waals surface area (Å²) in [4.78, 5) is 14.0. The predicted octanol–water partition coefficient (Wildman–Crippen LogP) is 1.50. The van der Waals surface area contributed by atoms with E-state index in [4.69, 9.17) is 5.73 Å². The third-order valence-electron chi connectivity index (χ3n) is 2.33. The quantitative estimate of drug-likeness (QED) is 0.813. The zero-order valence-corrected chi connectivity index (χ0v) is 10.3. The Morgan fingerprint density at radius 3 is 2.50 bits per heavy atom. The first kappa shape index (κ1) is 12.5. The van der Waals surface area contributed by atoms with Crippen LogP contribution in [0.5, 0.6) is 0 Å². The van der Waals surface area contributed by atoms with Gasteiger partial charge in [-0.2, -0.15) is 5.10 Å². The van der Waals surface area contributed by atoms with Crippen LogP contribution in [0.25, 0.3) is 0 Å². The van der Waals surface area contributed by atoms with Crippen molar-refractivity contribution in [3.05, 3.63) is 11.9 Å². The minimum absolute atomic E-state index is 0.0845. The molecule has 0 aliphatic heterocycles. The van der Waals surface area contributed by atoms with Crippen LogP contribution in [0.4, 0.5) is 5.69 Å². The number of aromatic nitrogens is 2. The number of carbonyl (C=O) groups is 1. The van der Waals surface area contributed by atoms with E-state index in [1.807, 2.05) is 13.8 Å². The van der Waals surface area contributed by atoms with Gasteiger partial charge in [0.2, 0.25) is 0 Å². The molecular formula is C11H20N4O. The fourth-order valence-electron chi connectivity index (χ4n) is 1.53. The molecule has 90 valence electrons. The van der Waals surface area contributed by atoms with Crippen molar-refractivity contribution >= 4 is 11.6 Å². The molecule has 1 aromatic rings. The zero-order chi connectivity index (χ0) is 12.3. The van der Waals surface area contributed by atoms with Crippen molar-refractivity contribution in [3.8, 4) is 0 Å². The lowest BCUT2D eigenvalue weighted by Gasteiger charge is -2.28. The Labute approximate surface area is 96.0 Å². The molecule has 0 spiro atoms. The minimum atomic E-state index is -0.0845. The maximum Gasteiger partial charge on any atom is 0.274 e. The fourth-order valence-corrected chi connectivity index (χ4v) is 1.53. The molecule has 0 aliphatic carbocycles. The normalized spacial score (nSPS) is 11.1. The van der Waals surface area contributed by atoms with Gasteiger partial charge in [0.15, 0.2) is 0 Å². The van der Waals surface area contributed by atoms with Gasteiger partial charge in [-0.25, -0.2) is 0 Å². The maximum absolute atomic E-state index is 12.2. The second-order valence-electron chi connectivity index (χ2n) is 4.65. The third kappa shape index (κ3) is 2.74. The Bertz CT molecular complexity index is 357. The second-order valence-corrected chi connectivity index (χ2v) is 4.65. The Balaban J connectivity index is 2.88. The Morgan fingerprint density at radius 1 is 1.50 bits per heavy atom. The molecule has 0 saturated heterocycles. The summed E-state index contributed by atoms with van der Waals surface area (Å²) in [6.45, 7) is 8.87. The summed E-state index contributed by atoms with van der Waals surface area (Å²) >= 11 is 0. The molecule has 0 fully saturated rings. The van der Waals surface area contributed by atoms with Crippen molar-refractivity contribution in [2.75, 3.05) is 12.3 Å². The molecule has 5 heteroatoms. The number of hydrogen-bond acceptors (Lipinski definition) is 3. The summed E-state index contributed by atoms with van der Waals surface area (Å²) in [5.74, 6) is 0.342. The number of nitrogens with zero attached hydrogens (tertiary/aromatic N) is 2. The Hall–Kier alpha value is -1.52.